The number of hydrogen-bond donors (Lipinski definition) is 1. The van der Waals surface area contributed by atoms with Gasteiger partial charge in [0.2, 0.25) is 5.71 Å². The summed E-state index contributed by atoms with van der Waals surface area (Å²) in [6.07, 6.45) is -12.3. The lowest BCUT2D eigenvalue weighted by Crippen LogP contribution is -2.23. The van der Waals surface area contributed by atoms with Gasteiger partial charge in [-0.25, -0.2) is 13.8 Å². The number of nitrogens with one attached hydrogen (secondary N) is 1. The van der Waals surface area contributed by atoms with Crippen LogP contribution in [0.3, 0.4) is 0 Å². The summed E-state index contributed by atoms with van der Waals surface area (Å²) >= 11 is 0. The Kier molecular flexibility index (Phi) is 8.42. The van der Waals surface area contributed by atoms with E-state index < -0.39 is 66.4 Å². The number of aromatic nitrogens is 1. The number of amides is 1. The van der Waals surface area contributed by atoms with Gasteiger partial charge in [0, 0.05) is 31.0 Å². The van der Waals surface area contributed by atoms with E-state index in [0.717, 1.165) is 37.3 Å². The first kappa shape index (κ1) is 30.7. The van der Waals surface area contributed by atoms with E-state index in [1.165, 1.54) is 25.2 Å². The minimum atomic E-state index is -4.71. The number of fused-ring (bicyclic) bond motifs is 1. The third-order valence-electron chi connectivity index (χ3n) is 6.60. The number of hydrogen-bond acceptors (Lipinski definition) is 4. The second-order valence-electron chi connectivity index (χ2n) is 9.61. The summed E-state index contributed by atoms with van der Waals surface area (Å²) < 4.78 is 113. The lowest BCUT2D eigenvalue weighted by molar-refractivity contribution is -0.168. The molecule has 2 aromatic heterocycles. The predicted molar refractivity (Wildman–Crippen MR) is 137 cm³/mol. The Morgan fingerprint density at radius 3 is 2.19 bits per heavy atom. The summed E-state index contributed by atoms with van der Waals surface area (Å²) in [4.78, 5) is 29.8. The minimum Gasteiger partial charge on any atom is -0.437 e. The lowest BCUT2D eigenvalue weighted by atomic mass is 9.93. The highest BCUT2D eigenvalue weighted by molar-refractivity contribution is 6.11. The Hall–Kier alpha value is -4.29. The normalized spacial score (nSPS) is 12.9. The molecule has 0 radical (unpaired) electrons. The van der Waals surface area contributed by atoms with Crippen LogP contribution < -0.4 is 5.32 Å². The van der Waals surface area contributed by atoms with Crippen LogP contribution in [0.15, 0.2) is 52.9 Å². The summed E-state index contributed by atoms with van der Waals surface area (Å²) in [6, 6.07) is 9.06. The van der Waals surface area contributed by atoms with E-state index in [1.54, 1.807) is 0 Å². The van der Waals surface area contributed by atoms with Gasteiger partial charge in [-0.3, -0.25) is 9.59 Å². The van der Waals surface area contributed by atoms with Crippen molar-refractivity contribution in [2.24, 2.45) is 5.92 Å². The van der Waals surface area contributed by atoms with E-state index in [0.29, 0.717) is 0 Å². The molecule has 1 amide bonds. The molecule has 0 fully saturated rings. The summed E-state index contributed by atoms with van der Waals surface area (Å²) in [5.41, 5.74) is -0.939. The average molecular weight is 598 g/mol. The number of benzene rings is 2. The van der Waals surface area contributed by atoms with Gasteiger partial charge in [0.05, 0.1) is 28.1 Å². The van der Waals surface area contributed by atoms with Crippen LogP contribution in [0.5, 0.6) is 0 Å². The lowest BCUT2D eigenvalue weighted by Gasteiger charge is -2.16. The van der Waals surface area contributed by atoms with Gasteiger partial charge in [-0.15, -0.1) is 0 Å². The highest BCUT2D eigenvalue weighted by Crippen LogP contribution is 2.38. The molecule has 0 spiro atoms. The first-order valence-corrected chi connectivity index (χ1v) is 12.5. The molecule has 222 valence electrons. The van der Waals surface area contributed by atoms with Crippen LogP contribution in [0.4, 0.5) is 35.1 Å². The summed E-state index contributed by atoms with van der Waals surface area (Å²) in [7, 11) is 1.32. The highest BCUT2D eigenvalue weighted by Gasteiger charge is 2.37. The van der Waals surface area contributed by atoms with Gasteiger partial charge >= 0.3 is 12.4 Å². The molecule has 2 heterocycles. The Balaban J connectivity index is 1.92. The van der Waals surface area contributed by atoms with Crippen molar-refractivity contribution in [2.75, 3.05) is 7.05 Å². The molecule has 0 saturated carbocycles. The molecule has 1 unspecified atom stereocenters. The van der Waals surface area contributed by atoms with Gasteiger partial charge in [-0.05, 0) is 54.4 Å². The Labute approximate surface area is 233 Å². The zero-order valence-electron chi connectivity index (χ0n) is 22.0. The first-order chi connectivity index (χ1) is 19.6. The number of furan rings is 1. The SMILES string of the molecule is CNC(=O)c1c(-c2ccc(F)cc2)oc2nc(CCC(F)(F)F)c(-c3ccc(F)c(C(=O)CC(C)C(F)(F)F)c3)cc12. The van der Waals surface area contributed by atoms with Crippen molar-refractivity contribution in [1.29, 1.82) is 0 Å². The number of Topliss-reactive ketones (excluding diaryl/α,β-unsaturated/α-hetero) is 1. The van der Waals surface area contributed by atoms with Crippen LogP contribution in [0.1, 0.15) is 46.2 Å². The molecule has 0 aliphatic rings. The van der Waals surface area contributed by atoms with Gasteiger partial charge in [0.1, 0.15) is 17.4 Å². The fourth-order valence-corrected chi connectivity index (χ4v) is 4.33. The third-order valence-corrected chi connectivity index (χ3v) is 6.60. The number of rotatable bonds is 8. The number of pyridine rings is 1. The topological polar surface area (TPSA) is 72.2 Å². The van der Waals surface area contributed by atoms with Crippen molar-refractivity contribution < 1.29 is 49.1 Å². The monoisotopic (exact) mass is 598 g/mol. The van der Waals surface area contributed by atoms with Crippen LogP contribution in [0.25, 0.3) is 33.6 Å². The third kappa shape index (κ3) is 6.60. The Morgan fingerprint density at radius 2 is 1.60 bits per heavy atom. The molecule has 13 heteroatoms. The predicted octanol–water partition coefficient (Wildman–Crippen LogP) is 8.07. The van der Waals surface area contributed by atoms with Crippen molar-refractivity contribution in [3.05, 3.63) is 77.0 Å². The average Bonchev–Trinajstić information content (AvgIpc) is 3.29. The largest absolute Gasteiger partial charge is 0.437 e. The van der Waals surface area contributed by atoms with E-state index in [1.807, 2.05) is 0 Å². The number of aryl methyl sites for hydroxylation is 1. The molecule has 5 nitrogen and oxygen atoms in total. The van der Waals surface area contributed by atoms with Crippen LogP contribution in [0.2, 0.25) is 0 Å². The number of carbonyl (C=O) groups is 2. The smallest absolute Gasteiger partial charge is 0.391 e. The maximum atomic E-state index is 14.6. The van der Waals surface area contributed by atoms with Crippen LogP contribution in [-0.2, 0) is 6.42 Å². The number of alkyl halides is 6. The zero-order chi connectivity index (χ0) is 31.0. The van der Waals surface area contributed by atoms with Crippen LogP contribution >= 0.6 is 0 Å². The molecule has 4 rings (SSSR count). The maximum Gasteiger partial charge on any atom is 0.391 e. The van der Waals surface area contributed by atoms with Crippen molar-refractivity contribution in [1.82, 2.24) is 10.3 Å². The fourth-order valence-electron chi connectivity index (χ4n) is 4.33. The minimum absolute atomic E-state index is 0.0154. The van der Waals surface area contributed by atoms with Gasteiger partial charge < -0.3 is 9.73 Å². The molecule has 2 aromatic carbocycles. The molecule has 0 aliphatic heterocycles. The number of carbonyl (C=O) groups excluding carboxylic acids is 2. The van der Waals surface area contributed by atoms with Crippen molar-refractivity contribution in [3.8, 4) is 22.5 Å². The van der Waals surface area contributed by atoms with Gasteiger partial charge in [0.25, 0.3) is 5.91 Å². The molecule has 42 heavy (non-hydrogen) atoms. The maximum absolute atomic E-state index is 14.6. The van der Waals surface area contributed by atoms with E-state index in [-0.39, 0.29) is 44.8 Å². The van der Waals surface area contributed by atoms with Crippen molar-refractivity contribution in [2.45, 2.75) is 38.5 Å². The molecule has 0 bridgehead atoms. The van der Waals surface area contributed by atoms with Crippen molar-refractivity contribution >= 4 is 22.8 Å². The first-order valence-electron chi connectivity index (χ1n) is 12.5. The van der Waals surface area contributed by atoms with Gasteiger partial charge in [0.15, 0.2) is 5.78 Å². The summed E-state index contributed by atoms with van der Waals surface area (Å²) in [5, 5.41) is 2.47. The molecule has 1 atom stereocenters. The molecular formula is C29H22F8N2O3. The molecule has 1 N–H and O–H groups in total. The van der Waals surface area contributed by atoms with Crippen LogP contribution in [0, 0.1) is 17.6 Å². The van der Waals surface area contributed by atoms with E-state index >= 15 is 0 Å². The van der Waals surface area contributed by atoms with E-state index in [4.69, 9.17) is 4.42 Å². The molecule has 0 saturated heterocycles. The molecule has 0 aliphatic carbocycles. The highest BCUT2D eigenvalue weighted by atomic mass is 19.4. The van der Waals surface area contributed by atoms with E-state index in [9.17, 15) is 44.7 Å². The Bertz CT molecular complexity index is 1640. The fraction of sp³-hybridized carbons (Fsp3) is 0.276. The second kappa shape index (κ2) is 11.5. The Morgan fingerprint density at radius 1 is 0.952 bits per heavy atom. The van der Waals surface area contributed by atoms with Gasteiger partial charge in [-0.1, -0.05) is 13.0 Å². The number of nitrogens with zero attached hydrogens (tertiary/aromatic N) is 1. The standard InChI is InChI=1S/C29H22F8N2O3/c1-14(29(35,36)37)11-23(40)19-12-16(5-8-21(19)31)18-13-20-24(26(41)38-2)25(15-3-6-17(30)7-4-15)42-27(20)39-22(18)9-10-28(32,33)34/h3-8,12-14H,9-11H2,1-2H3,(H,38,41). The quantitative estimate of drug-likeness (QED) is 0.165. The second-order valence-corrected chi connectivity index (χ2v) is 9.61. The zero-order valence-corrected chi connectivity index (χ0v) is 22.0. The van der Waals surface area contributed by atoms with Gasteiger partial charge in [-0.2, -0.15) is 26.3 Å². The summed E-state index contributed by atoms with van der Waals surface area (Å²) in [5.74, 6) is -5.63. The van der Waals surface area contributed by atoms with E-state index in [2.05, 4.69) is 10.3 Å². The van der Waals surface area contributed by atoms with Crippen LogP contribution in [-0.4, -0.2) is 36.1 Å². The molecule has 4 aromatic rings. The van der Waals surface area contributed by atoms with Crippen molar-refractivity contribution in [3.63, 3.8) is 0 Å². The number of ketones is 1. The summed E-state index contributed by atoms with van der Waals surface area (Å²) in [6.45, 7) is 0.769. The number of halogens is 8. The molecular weight excluding hydrogens is 576 g/mol.